The van der Waals surface area contributed by atoms with Crippen LogP contribution in [-0.4, -0.2) is 20.8 Å². The molecule has 168 valence electrons. The largest absolute Gasteiger partial charge is 0.331 e. The van der Waals surface area contributed by atoms with E-state index in [4.69, 9.17) is 11.6 Å². The van der Waals surface area contributed by atoms with Crippen LogP contribution in [0.4, 0.5) is 10.5 Å². The van der Waals surface area contributed by atoms with E-state index >= 15 is 0 Å². The van der Waals surface area contributed by atoms with Crippen molar-refractivity contribution in [2.75, 3.05) is 5.32 Å². The number of nitrogens with one attached hydrogen (secondary N) is 2. The van der Waals surface area contributed by atoms with Gasteiger partial charge in [0.05, 0.1) is 6.54 Å². The highest BCUT2D eigenvalue weighted by molar-refractivity contribution is 7.98. The average molecular weight is 478 g/mol. The molecule has 0 atom stereocenters. The van der Waals surface area contributed by atoms with Crippen molar-refractivity contribution in [1.29, 1.82) is 0 Å². The third-order valence-electron chi connectivity index (χ3n) is 5.04. The number of carbonyl (C=O) groups is 1. The van der Waals surface area contributed by atoms with Crippen molar-refractivity contribution in [3.63, 3.8) is 0 Å². The smallest absolute Gasteiger partial charge is 0.319 e. The van der Waals surface area contributed by atoms with Gasteiger partial charge in [0.1, 0.15) is 0 Å². The molecular formula is C25H24ClN5OS. The number of aryl methyl sites for hydroxylation is 2. The Morgan fingerprint density at radius 3 is 2.48 bits per heavy atom. The molecule has 33 heavy (non-hydrogen) atoms. The van der Waals surface area contributed by atoms with Crippen molar-refractivity contribution >= 4 is 35.1 Å². The van der Waals surface area contributed by atoms with Gasteiger partial charge in [0.2, 0.25) is 0 Å². The van der Waals surface area contributed by atoms with Gasteiger partial charge >= 0.3 is 6.03 Å². The van der Waals surface area contributed by atoms with E-state index in [0.29, 0.717) is 16.5 Å². The Morgan fingerprint density at radius 2 is 1.76 bits per heavy atom. The highest BCUT2D eigenvalue weighted by Crippen LogP contribution is 2.25. The number of nitrogens with zero attached hydrogens (tertiary/aromatic N) is 3. The molecule has 0 aliphatic carbocycles. The quantitative estimate of drug-likeness (QED) is 0.313. The van der Waals surface area contributed by atoms with Gasteiger partial charge in [0.25, 0.3) is 0 Å². The first-order chi connectivity index (χ1) is 16.0. The minimum absolute atomic E-state index is 0.220. The van der Waals surface area contributed by atoms with Crippen molar-refractivity contribution in [2.24, 2.45) is 0 Å². The molecule has 0 saturated carbocycles. The van der Waals surface area contributed by atoms with Crippen molar-refractivity contribution in [2.45, 2.75) is 31.3 Å². The van der Waals surface area contributed by atoms with E-state index in [-0.39, 0.29) is 12.6 Å². The maximum Gasteiger partial charge on any atom is 0.319 e. The van der Waals surface area contributed by atoms with Crippen LogP contribution in [-0.2, 0) is 12.3 Å². The molecule has 8 heteroatoms. The first-order valence-corrected chi connectivity index (χ1v) is 11.8. The van der Waals surface area contributed by atoms with Gasteiger partial charge in [-0.15, -0.1) is 10.2 Å². The summed E-state index contributed by atoms with van der Waals surface area (Å²) in [7, 11) is 0. The molecule has 1 heterocycles. The summed E-state index contributed by atoms with van der Waals surface area (Å²) in [6.45, 7) is 4.18. The van der Waals surface area contributed by atoms with Gasteiger partial charge in [0.15, 0.2) is 11.0 Å². The Hall–Kier alpha value is -3.29. The van der Waals surface area contributed by atoms with Gasteiger partial charge in [-0.3, -0.25) is 4.57 Å². The van der Waals surface area contributed by atoms with E-state index in [1.807, 2.05) is 73.0 Å². The van der Waals surface area contributed by atoms with Crippen LogP contribution in [0.1, 0.15) is 22.5 Å². The number of amides is 2. The number of urea groups is 1. The zero-order chi connectivity index (χ0) is 23.2. The molecule has 4 aromatic rings. The molecule has 0 fully saturated rings. The summed E-state index contributed by atoms with van der Waals surface area (Å²) < 4.78 is 1.98. The molecule has 0 aliphatic heterocycles. The number of halogens is 1. The van der Waals surface area contributed by atoms with Crippen molar-refractivity contribution in [3.05, 3.63) is 100 Å². The molecule has 1 aromatic heterocycles. The fraction of sp³-hybridized carbons (Fsp3) is 0.160. The number of aromatic nitrogens is 3. The summed E-state index contributed by atoms with van der Waals surface area (Å²) in [5, 5.41) is 15.8. The number of thioether (sulfide) groups is 1. The van der Waals surface area contributed by atoms with Crippen LogP contribution >= 0.6 is 23.4 Å². The summed E-state index contributed by atoms with van der Waals surface area (Å²) in [6, 6.07) is 23.4. The first-order valence-electron chi connectivity index (χ1n) is 10.5. The highest BCUT2D eigenvalue weighted by atomic mass is 35.5. The molecule has 0 spiro atoms. The van der Waals surface area contributed by atoms with E-state index in [1.54, 1.807) is 17.8 Å². The van der Waals surface area contributed by atoms with Crippen molar-refractivity contribution in [3.8, 4) is 5.69 Å². The third-order valence-corrected chi connectivity index (χ3v) is 6.45. The lowest BCUT2D eigenvalue weighted by Crippen LogP contribution is -2.29. The number of hydrogen-bond acceptors (Lipinski definition) is 4. The fourth-order valence-electron chi connectivity index (χ4n) is 3.19. The number of hydrogen-bond donors (Lipinski definition) is 2. The van der Waals surface area contributed by atoms with Gasteiger partial charge in [-0.25, -0.2) is 4.79 Å². The number of anilines is 1. The highest BCUT2D eigenvalue weighted by Gasteiger charge is 2.16. The topological polar surface area (TPSA) is 71.8 Å². The predicted octanol–water partition coefficient (Wildman–Crippen LogP) is 6.15. The summed E-state index contributed by atoms with van der Waals surface area (Å²) in [6.07, 6.45) is 0. The van der Waals surface area contributed by atoms with Gasteiger partial charge in [0, 0.05) is 22.2 Å². The summed E-state index contributed by atoms with van der Waals surface area (Å²) in [5.74, 6) is 1.42. The van der Waals surface area contributed by atoms with E-state index < -0.39 is 0 Å². The fourth-order valence-corrected chi connectivity index (χ4v) is 4.30. The van der Waals surface area contributed by atoms with Crippen LogP contribution < -0.4 is 10.6 Å². The maximum absolute atomic E-state index is 12.5. The molecule has 0 aliphatic rings. The lowest BCUT2D eigenvalue weighted by molar-refractivity contribution is 0.251. The Kier molecular flexibility index (Phi) is 7.32. The Balaban J connectivity index is 1.50. The molecule has 3 aromatic carbocycles. The van der Waals surface area contributed by atoms with E-state index in [1.165, 1.54) is 11.1 Å². The molecule has 0 bridgehead atoms. The van der Waals surface area contributed by atoms with Gasteiger partial charge < -0.3 is 10.6 Å². The molecule has 0 unspecified atom stereocenters. The molecule has 4 rings (SSSR count). The van der Waals surface area contributed by atoms with Crippen LogP contribution in [0.3, 0.4) is 0 Å². The molecule has 0 radical (unpaired) electrons. The number of rotatable bonds is 7. The van der Waals surface area contributed by atoms with Gasteiger partial charge in [-0.2, -0.15) is 0 Å². The van der Waals surface area contributed by atoms with Crippen LogP contribution in [0, 0.1) is 13.8 Å². The summed E-state index contributed by atoms with van der Waals surface area (Å²) in [4.78, 5) is 12.5. The molecule has 2 N–H and O–H groups in total. The standard InChI is InChI=1S/C25H24ClN5OS/c1-17-8-12-21(13-9-17)31-23(29-30-25(31)33-16-19-6-4-3-5-7-19)15-27-24(32)28-20-11-10-18(2)22(26)14-20/h3-14H,15-16H2,1-2H3,(H2,27,28,32). The van der Waals surface area contributed by atoms with E-state index in [9.17, 15) is 4.79 Å². The number of carbonyl (C=O) groups excluding carboxylic acids is 1. The summed E-state index contributed by atoms with van der Waals surface area (Å²) in [5.41, 5.74) is 4.90. The van der Waals surface area contributed by atoms with E-state index in [0.717, 1.165) is 22.2 Å². The van der Waals surface area contributed by atoms with Crippen molar-refractivity contribution in [1.82, 2.24) is 20.1 Å². The zero-order valence-corrected chi connectivity index (χ0v) is 20.0. The lowest BCUT2D eigenvalue weighted by Gasteiger charge is -2.12. The molecular weight excluding hydrogens is 454 g/mol. The molecule has 0 saturated heterocycles. The Morgan fingerprint density at radius 1 is 1.00 bits per heavy atom. The predicted molar refractivity (Wildman–Crippen MR) is 134 cm³/mol. The van der Waals surface area contributed by atoms with Crippen LogP contribution in [0.5, 0.6) is 0 Å². The number of benzene rings is 3. The minimum atomic E-state index is -0.341. The van der Waals surface area contributed by atoms with Crippen LogP contribution in [0.2, 0.25) is 5.02 Å². The van der Waals surface area contributed by atoms with Crippen LogP contribution in [0.25, 0.3) is 5.69 Å². The minimum Gasteiger partial charge on any atom is -0.331 e. The summed E-state index contributed by atoms with van der Waals surface area (Å²) >= 11 is 7.76. The van der Waals surface area contributed by atoms with Crippen molar-refractivity contribution < 1.29 is 4.79 Å². The normalized spacial score (nSPS) is 10.8. The second-order valence-corrected chi connectivity index (χ2v) is 8.97. The second kappa shape index (κ2) is 10.6. The lowest BCUT2D eigenvalue weighted by atomic mass is 10.2. The van der Waals surface area contributed by atoms with Gasteiger partial charge in [-0.05, 0) is 49.2 Å². The average Bonchev–Trinajstić information content (AvgIpc) is 3.23. The molecule has 2 amide bonds. The maximum atomic E-state index is 12.5. The SMILES string of the molecule is Cc1ccc(-n2c(CNC(=O)Nc3ccc(C)c(Cl)c3)nnc2SCc2ccccc2)cc1. The zero-order valence-electron chi connectivity index (χ0n) is 18.4. The van der Waals surface area contributed by atoms with Crippen LogP contribution in [0.15, 0.2) is 78.0 Å². The monoisotopic (exact) mass is 477 g/mol. The Bertz CT molecular complexity index is 1240. The molecule has 6 nitrogen and oxygen atoms in total. The van der Waals surface area contributed by atoms with Gasteiger partial charge in [-0.1, -0.05) is 77.5 Å². The third kappa shape index (κ3) is 5.94. The first kappa shape index (κ1) is 22.9. The second-order valence-electron chi connectivity index (χ2n) is 7.62. The Labute approximate surface area is 202 Å². The van der Waals surface area contributed by atoms with E-state index in [2.05, 4.69) is 33.0 Å².